The Balaban J connectivity index is 1.45. The maximum absolute atomic E-state index is 12.7. The monoisotopic (exact) mass is 387 g/mol. The summed E-state index contributed by atoms with van der Waals surface area (Å²) in [6.45, 7) is 5.89. The lowest BCUT2D eigenvalue weighted by atomic mass is 10.1. The Morgan fingerprint density at radius 1 is 1.00 bits per heavy atom. The van der Waals surface area contributed by atoms with Crippen LogP contribution in [0, 0.1) is 0 Å². The largest absolute Gasteiger partial charge is 0.372 e. The van der Waals surface area contributed by atoms with E-state index < -0.39 is 0 Å². The van der Waals surface area contributed by atoms with E-state index in [2.05, 4.69) is 29.0 Å². The number of hydrogen-bond donors (Lipinski definition) is 1. The van der Waals surface area contributed by atoms with Crippen molar-refractivity contribution in [2.24, 2.45) is 0 Å². The van der Waals surface area contributed by atoms with Crippen molar-refractivity contribution in [3.63, 3.8) is 0 Å². The molecule has 1 fully saturated rings. The average Bonchev–Trinajstić information content (AvgIpc) is 2.74. The summed E-state index contributed by atoms with van der Waals surface area (Å²) in [5.41, 5.74) is 4.33. The van der Waals surface area contributed by atoms with E-state index in [-0.39, 0.29) is 18.1 Å². The van der Waals surface area contributed by atoms with Crippen molar-refractivity contribution in [3.05, 3.63) is 78.5 Å². The summed E-state index contributed by atoms with van der Waals surface area (Å²) in [4.78, 5) is 19.4. The number of ether oxygens (including phenoxy) is 1. The van der Waals surface area contributed by atoms with Gasteiger partial charge in [-0.3, -0.25) is 9.78 Å². The normalized spacial score (nSPS) is 19.0. The molecule has 4 rings (SSSR count). The Morgan fingerprint density at radius 3 is 2.45 bits per heavy atom. The molecule has 148 valence electrons. The number of anilines is 2. The van der Waals surface area contributed by atoms with Crippen molar-refractivity contribution in [1.82, 2.24) is 4.98 Å². The molecule has 1 aromatic heterocycles. The van der Waals surface area contributed by atoms with Gasteiger partial charge in [-0.2, -0.15) is 0 Å². The van der Waals surface area contributed by atoms with Crippen molar-refractivity contribution < 1.29 is 9.53 Å². The zero-order chi connectivity index (χ0) is 20.2. The molecule has 5 nitrogen and oxygen atoms in total. The van der Waals surface area contributed by atoms with Crippen LogP contribution in [0.1, 0.15) is 24.2 Å². The minimum atomic E-state index is -0.126. The van der Waals surface area contributed by atoms with E-state index in [1.165, 1.54) is 0 Å². The lowest BCUT2D eigenvalue weighted by Gasteiger charge is -2.36. The van der Waals surface area contributed by atoms with E-state index in [0.29, 0.717) is 5.56 Å². The van der Waals surface area contributed by atoms with Crippen molar-refractivity contribution in [1.29, 1.82) is 0 Å². The van der Waals surface area contributed by atoms with Crippen LogP contribution in [0.2, 0.25) is 0 Å². The molecule has 0 bridgehead atoms. The van der Waals surface area contributed by atoms with Gasteiger partial charge >= 0.3 is 0 Å². The second-order valence-electron chi connectivity index (χ2n) is 7.46. The average molecular weight is 387 g/mol. The van der Waals surface area contributed by atoms with Gasteiger partial charge in [-0.1, -0.05) is 18.2 Å². The van der Waals surface area contributed by atoms with Crippen LogP contribution in [0.25, 0.3) is 11.3 Å². The fourth-order valence-corrected chi connectivity index (χ4v) is 3.71. The van der Waals surface area contributed by atoms with Crippen LogP contribution in [0.4, 0.5) is 11.4 Å². The van der Waals surface area contributed by atoms with E-state index in [9.17, 15) is 4.79 Å². The number of nitrogens with zero attached hydrogens (tertiary/aromatic N) is 2. The minimum absolute atomic E-state index is 0.126. The third kappa shape index (κ3) is 4.63. The molecule has 0 radical (unpaired) electrons. The van der Waals surface area contributed by atoms with Crippen LogP contribution in [0.3, 0.4) is 0 Å². The van der Waals surface area contributed by atoms with Crippen LogP contribution < -0.4 is 10.2 Å². The molecule has 1 aliphatic heterocycles. The van der Waals surface area contributed by atoms with Crippen molar-refractivity contribution in [2.75, 3.05) is 23.3 Å². The van der Waals surface area contributed by atoms with Gasteiger partial charge in [0.2, 0.25) is 0 Å². The number of amides is 1. The van der Waals surface area contributed by atoms with Gasteiger partial charge in [0.05, 0.1) is 17.9 Å². The van der Waals surface area contributed by atoms with Gasteiger partial charge in [-0.25, -0.2) is 0 Å². The van der Waals surface area contributed by atoms with E-state index in [1.807, 2.05) is 66.7 Å². The number of carbonyl (C=O) groups is 1. The Hall–Kier alpha value is -3.18. The molecule has 2 atom stereocenters. The Bertz CT molecular complexity index is 963. The van der Waals surface area contributed by atoms with E-state index in [4.69, 9.17) is 4.74 Å². The molecule has 2 aromatic carbocycles. The minimum Gasteiger partial charge on any atom is -0.372 e. The number of carbonyl (C=O) groups excluding carboxylic acids is 1. The molecule has 0 unspecified atom stereocenters. The van der Waals surface area contributed by atoms with Crippen molar-refractivity contribution in [2.45, 2.75) is 26.1 Å². The summed E-state index contributed by atoms with van der Waals surface area (Å²) >= 11 is 0. The van der Waals surface area contributed by atoms with Crippen LogP contribution in [-0.4, -0.2) is 36.2 Å². The number of morpholine rings is 1. The van der Waals surface area contributed by atoms with Gasteiger partial charge in [0, 0.05) is 41.8 Å². The highest BCUT2D eigenvalue weighted by atomic mass is 16.5. The summed E-state index contributed by atoms with van der Waals surface area (Å²) < 4.78 is 5.80. The topological polar surface area (TPSA) is 54.5 Å². The third-order valence-corrected chi connectivity index (χ3v) is 5.00. The van der Waals surface area contributed by atoms with Gasteiger partial charge in [0.25, 0.3) is 5.91 Å². The number of benzene rings is 2. The quantitative estimate of drug-likeness (QED) is 0.710. The molecule has 1 amide bonds. The highest BCUT2D eigenvalue weighted by Gasteiger charge is 2.22. The first-order valence-electron chi connectivity index (χ1n) is 9.92. The molecule has 29 heavy (non-hydrogen) atoms. The van der Waals surface area contributed by atoms with Crippen LogP contribution >= 0.6 is 0 Å². The number of pyridine rings is 1. The molecule has 0 saturated carbocycles. The molecular weight excluding hydrogens is 362 g/mol. The van der Waals surface area contributed by atoms with Gasteiger partial charge in [-0.15, -0.1) is 0 Å². The molecule has 3 aromatic rings. The smallest absolute Gasteiger partial charge is 0.255 e. The summed E-state index contributed by atoms with van der Waals surface area (Å²) in [5.74, 6) is -0.126. The third-order valence-electron chi connectivity index (χ3n) is 5.00. The number of hydrogen-bond acceptors (Lipinski definition) is 4. The second-order valence-corrected chi connectivity index (χ2v) is 7.46. The predicted molar refractivity (Wildman–Crippen MR) is 116 cm³/mol. The highest BCUT2D eigenvalue weighted by Crippen LogP contribution is 2.23. The SMILES string of the molecule is C[C@@H]1CN(c2ccc(C(=O)Nc3cccc(-c4ccccn4)c3)cc2)C[C@H](C)O1. The van der Waals surface area contributed by atoms with E-state index in [0.717, 1.165) is 35.7 Å². The molecule has 0 aliphatic carbocycles. The molecule has 1 saturated heterocycles. The van der Waals surface area contributed by atoms with Gasteiger partial charge in [0.1, 0.15) is 0 Å². The summed E-state index contributed by atoms with van der Waals surface area (Å²) in [7, 11) is 0. The zero-order valence-corrected chi connectivity index (χ0v) is 16.7. The molecule has 1 aliphatic rings. The summed E-state index contributed by atoms with van der Waals surface area (Å²) in [6, 6.07) is 21.3. The first kappa shape index (κ1) is 19.2. The lowest BCUT2D eigenvalue weighted by Crippen LogP contribution is -2.45. The van der Waals surface area contributed by atoms with Crippen molar-refractivity contribution in [3.8, 4) is 11.3 Å². The van der Waals surface area contributed by atoms with E-state index >= 15 is 0 Å². The first-order valence-corrected chi connectivity index (χ1v) is 9.92. The summed E-state index contributed by atoms with van der Waals surface area (Å²) in [5, 5.41) is 2.98. The fraction of sp³-hybridized carbons (Fsp3) is 0.250. The van der Waals surface area contributed by atoms with Crippen LogP contribution in [-0.2, 0) is 4.74 Å². The fourth-order valence-electron chi connectivity index (χ4n) is 3.71. The Labute approximate surface area is 171 Å². The Morgan fingerprint density at radius 2 is 1.76 bits per heavy atom. The maximum atomic E-state index is 12.7. The zero-order valence-electron chi connectivity index (χ0n) is 16.7. The predicted octanol–water partition coefficient (Wildman–Crippen LogP) is 4.61. The van der Waals surface area contributed by atoms with Crippen LogP contribution in [0.5, 0.6) is 0 Å². The highest BCUT2D eigenvalue weighted by molar-refractivity contribution is 6.04. The number of aromatic nitrogens is 1. The molecule has 0 spiro atoms. The number of nitrogens with one attached hydrogen (secondary N) is 1. The molecule has 1 N–H and O–H groups in total. The molecular formula is C24H25N3O2. The number of rotatable bonds is 4. The van der Waals surface area contributed by atoms with Gasteiger partial charge in [0.15, 0.2) is 0 Å². The standard InChI is InChI=1S/C24H25N3O2/c1-17-15-27(16-18(2)29-17)22-11-9-19(10-12-22)24(28)26-21-7-5-6-20(14-21)23-8-3-4-13-25-23/h3-14,17-18H,15-16H2,1-2H3,(H,26,28)/t17-,18+. The summed E-state index contributed by atoms with van der Waals surface area (Å²) in [6.07, 6.45) is 2.17. The second kappa shape index (κ2) is 8.45. The molecule has 5 heteroatoms. The lowest BCUT2D eigenvalue weighted by molar-refractivity contribution is -0.00522. The first-order chi connectivity index (χ1) is 14.1. The van der Waals surface area contributed by atoms with Crippen LogP contribution in [0.15, 0.2) is 72.9 Å². The van der Waals surface area contributed by atoms with Gasteiger partial charge in [-0.05, 0) is 62.4 Å². The van der Waals surface area contributed by atoms with Gasteiger partial charge < -0.3 is 15.0 Å². The Kier molecular flexibility index (Phi) is 5.58. The van der Waals surface area contributed by atoms with Crippen molar-refractivity contribution >= 4 is 17.3 Å². The maximum Gasteiger partial charge on any atom is 0.255 e. The molecule has 2 heterocycles. The van der Waals surface area contributed by atoms with E-state index in [1.54, 1.807) is 6.20 Å².